The van der Waals surface area contributed by atoms with Crippen LogP contribution in [0, 0.1) is 0 Å². The van der Waals surface area contributed by atoms with Crippen LogP contribution in [0.2, 0.25) is 0 Å². The van der Waals surface area contributed by atoms with Crippen molar-refractivity contribution in [2.24, 2.45) is 10.8 Å². The van der Waals surface area contributed by atoms with Gasteiger partial charge in [0.1, 0.15) is 10.6 Å². The molecule has 0 spiro atoms. The topological polar surface area (TPSA) is 155 Å². The molecule has 0 radical (unpaired) electrons. The highest BCUT2D eigenvalue weighted by molar-refractivity contribution is 9.10. The molecule has 5 N–H and O–H groups in total. The Bertz CT molecular complexity index is 1420. The molecule has 0 bridgehead atoms. The number of benzene rings is 1. The van der Waals surface area contributed by atoms with Crippen LogP contribution in [0.15, 0.2) is 75.9 Å². The van der Waals surface area contributed by atoms with Gasteiger partial charge in [0.25, 0.3) is 5.91 Å². The maximum atomic E-state index is 12.1. The number of nitrogens with two attached hydrogens (primary N) is 1. The Morgan fingerprint density at radius 1 is 1.03 bits per heavy atom. The van der Waals surface area contributed by atoms with E-state index in [9.17, 15) is 19.5 Å². The van der Waals surface area contributed by atoms with E-state index in [4.69, 9.17) is 10.8 Å². The molecule has 2 amide bonds. The van der Waals surface area contributed by atoms with Crippen LogP contribution in [-0.2, 0) is 0 Å². The number of carboxylic acid groups (broad SMARTS) is 1. The van der Waals surface area contributed by atoms with Gasteiger partial charge in [0.15, 0.2) is 0 Å². The Balaban J connectivity index is 0.000000338. The molecular formula is C24H19BrN4O5S2. The van der Waals surface area contributed by atoms with Crippen LogP contribution in [0.1, 0.15) is 42.2 Å². The van der Waals surface area contributed by atoms with Gasteiger partial charge in [-0.1, -0.05) is 28.1 Å². The quantitative estimate of drug-likeness (QED) is 0.184. The zero-order valence-corrected chi connectivity index (χ0v) is 21.9. The Morgan fingerprint density at radius 3 is 2.22 bits per heavy atom. The summed E-state index contributed by atoms with van der Waals surface area (Å²) in [5.74, 6) is -1.91. The summed E-state index contributed by atoms with van der Waals surface area (Å²) in [5, 5.41) is 25.2. The molecule has 184 valence electrons. The van der Waals surface area contributed by atoms with E-state index in [1.165, 1.54) is 35.9 Å². The van der Waals surface area contributed by atoms with E-state index in [-0.39, 0.29) is 15.5 Å². The van der Waals surface area contributed by atoms with E-state index in [1.807, 2.05) is 24.3 Å². The molecule has 0 unspecified atom stereocenters. The lowest BCUT2D eigenvalue weighted by atomic mass is 10.1. The standard InChI is InChI=1S/C18H13BrN2O4S2.C6H6N2O/c1-9(20-21-17(23)13-6-7-14(27-13)18(24)25)12-8-26-16(15(12)22)10-2-4-11(19)5-3-10;7-6(9)5-1-3-8-4-2-5/h2-8,22H,1H3,(H,21,23)(H,24,25);1-4H,(H2,7,9). The van der Waals surface area contributed by atoms with Crippen LogP contribution in [0.25, 0.3) is 10.4 Å². The molecule has 0 aliphatic carbocycles. The van der Waals surface area contributed by atoms with Crippen molar-refractivity contribution in [3.05, 3.63) is 91.7 Å². The molecule has 0 aliphatic rings. The first-order valence-corrected chi connectivity index (χ1v) is 12.6. The first-order chi connectivity index (χ1) is 17.2. The number of carbonyl (C=O) groups excluding carboxylic acids is 2. The molecule has 0 atom stereocenters. The van der Waals surface area contributed by atoms with Crippen molar-refractivity contribution in [3.63, 3.8) is 0 Å². The number of pyridine rings is 1. The van der Waals surface area contributed by atoms with Crippen molar-refractivity contribution < 1.29 is 24.6 Å². The molecule has 9 nitrogen and oxygen atoms in total. The van der Waals surface area contributed by atoms with Gasteiger partial charge in [0.2, 0.25) is 5.91 Å². The number of hydrogen-bond acceptors (Lipinski definition) is 8. The molecular weight excluding hydrogens is 568 g/mol. The lowest BCUT2D eigenvalue weighted by molar-refractivity contribution is 0.0701. The van der Waals surface area contributed by atoms with Crippen molar-refractivity contribution >= 4 is 62.1 Å². The van der Waals surface area contributed by atoms with E-state index >= 15 is 0 Å². The molecule has 0 saturated heterocycles. The molecule has 12 heteroatoms. The highest BCUT2D eigenvalue weighted by Gasteiger charge is 2.16. The summed E-state index contributed by atoms with van der Waals surface area (Å²) in [7, 11) is 0. The van der Waals surface area contributed by atoms with Crippen LogP contribution in [0.4, 0.5) is 0 Å². The van der Waals surface area contributed by atoms with Crippen molar-refractivity contribution in [3.8, 4) is 16.2 Å². The summed E-state index contributed by atoms with van der Waals surface area (Å²) >= 11 is 5.63. The van der Waals surface area contributed by atoms with Gasteiger partial charge < -0.3 is 15.9 Å². The summed E-state index contributed by atoms with van der Waals surface area (Å²) in [5.41, 5.74) is 9.67. The van der Waals surface area contributed by atoms with Crippen LogP contribution in [0.3, 0.4) is 0 Å². The maximum absolute atomic E-state index is 12.1. The fourth-order valence-electron chi connectivity index (χ4n) is 2.76. The second-order valence-corrected chi connectivity index (χ2v) is 9.92. The fraction of sp³-hybridized carbons (Fsp3) is 0.0417. The number of nitrogens with one attached hydrogen (secondary N) is 1. The van der Waals surface area contributed by atoms with Crippen LogP contribution < -0.4 is 11.2 Å². The largest absolute Gasteiger partial charge is 0.506 e. The summed E-state index contributed by atoms with van der Waals surface area (Å²) in [4.78, 5) is 38.1. The second kappa shape index (κ2) is 12.2. The highest BCUT2D eigenvalue weighted by atomic mass is 79.9. The van der Waals surface area contributed by atoms with Crippen LogP contribution in [-0.4, -0.2) is 38.7 Å². The second-order valence-electron chi connectivity index (χ2n) is 7.04. The number of primary amides is 1. The number of halogens is 1. The zero-order chi connectivity index (χ0) is 26.2. The maximum Gasteiger partial charge on any atom is 0.345 e. The Morgan fingerprint density at radius 2 is 1.67 bits per heavy atom. The summed E-state index contributed by atoms with van der Waals surface area (Å²) in [6.45, 7) is 1.67. The minimum absolute atomic E-state index is 0.0791. The fourth-order valence-corrected chi connectivity index (χ4v) is 4.77. The zero-order valence-electron chi connectivity index (χ0n) is 18.6. The lowest BCUT2D eigenvalue weighted by Gasteiger charge is -2.03. The monoisotopic (exact) mass is 586 g/mol. The predicted octanol–water partition coefficient (Wildman–Crippen LogP) is 4.98. The first kappa shape index (κ1) is 26.7. The average Bonchev–Trinajstić information content (AvgIpc) is 3.51. The average molecular weight is 587 g/mol. The van der Waals surface area contributed by atoms with Gasteiger partial charge in [-0.3, -0.25) is 14.6 Å². The highest BCUT2D eigenvalue weighted by Crippen LogP contribution is 2.39. The smallest absolute Gasteiger partial charge is 0.345 e. The molecule has 3 aromatic heterocycles. The van der Waals surface area contributed by atoms with E-state index in [1.54, 1.807) is 24.4 Å². The van der Waals surface area contributed by atoms with Crippen molar-refractivity contribution in [1.29, 1.82) is 0 Å². The number of hydrogen-bond donors (Lipinski definition) is 4. The number of aromatic hydroxyl groups is 1. The van der Waals surface area contributed by atoms with Gasteiger partial charge in [0, 0.05) is 27.8 Å². The number of hydrazone groups is 1. The Kier molecular flexibility index (Phi) is 9.06. The van der Waals surface area contributed by atoms with E-state index < -0.39 is 17.8 Å². The minimum atomic E-state index is -1.08. The van der Waals surface area contributed by atoms with Gasteiger partial charge in [0.05, 0.1) is 21.0 Å². The molecule has 1 aromatic carbocycles. The number of thiophene rings is 2. The van der Waals surface area contributed by atoms with Crippen molar-refractivity contribution in [1.82, 2.24) is 10.4 Å². The SMILES string of the molecule is CC(=NNC(=O)c1ccc(C(=O)O)s1)c1csc(-c2ccc(Br)cc2)c1O.NC(=O)c1ccncc1. The number of rotatable bonds is 6. The summed E-state index contributed by atoms with van der Waals surface area (Å²) < 4.78 is 0.947. The third kappa shape index (κ3) is 6.84. The van der Waals surface area contributed by atoms with Gasteiger partial charge >= 0.3 is 5.97 Å². The Labute approximate surface area is 222 Å². The molecule has 0 fully saturated rings. The van der Waals surface area contributed by atoms with E-state index in [2.05, 4.69) is 31.4 Å². The van der Waals surface area contributed by atoms with Gasteiger partial charge in [-0.2, -0.15) is 5.10 Å². The van der Waals surface area contributed by atoms with Crippen molar-refractivity contribution in [2.75, 3.05) is 0 Å². The lowest BCUT2D eigenvalue weighted by Crippen LogP contribution is -2.18. The van der Waals surface area contributed by atoms with E-state index in [0.29, 0.717) is 21.7 Å². The minimum Gasteiger partial charge on any atom is -0.506 e. The molecule has 4 rings (SSSR count). The van der Waals surface area contributed by atoms with Crippen LogP contribution >= 0.6 is 38.6 Å². The number of nitrogens with zero attached hydrogens (tertiary/aromatic N) is 2. The van der Waals surface area contributed by atoms with Crippen LogP contribution in [0.5, 0.6) is 5.75 Å². The Hall–Kier alpha value is -3.87. The van der Waals surface area contributed by atoms with Gasteiger partial charge in [-0.05, 0) is 48.9 Å². The van der Waals surface area contributed by atoms with Crippen molar-refractivity contribution in [2.45, 2.75) is 6.92 Å². The summed E-state index contributed by atoms with van der Waals surface area (Å²) in [6, 6.07) is 13.5. The van der Waals surface area contributed by atoms with Gasteiger partial charge in [-0.25, -0.2) is 10.2 Å². The number of aromatic carboxylic acids is 1. The third-order valence-electron chi connectivity index (χ3n) is 4.59. The molecule has 3 heterocycles. The molecule has 36 heavy (non-hydrogen) atoms. The third-order valence-corrected chi connectivity index (χ3v) is 7.21. The summed E-state index contributed by atoms with van der Waals surface area (Å²) in [6.07, 6.45) is 3.06. The van der Waals surface area contributed by atoms with E-state index in [0.717, 1.165) is 21.4 Å². The molecule has 0 saturated carbocycles. The number of carbonyl (C=O) groups is 3. The molecule has 4 aromatic rings. The number of aromatic nitrogens is 1. The number of amides is 2. The number of carboxylic acids is 1. The van der Waals surface area contributed by atoms with Gasteiger partial charge in [-0.15, -0.1) is 22.7 Å². The molecule has 0 aliphatic heterocycles. The normalized spacial score (nSPS) is 10.8. The predicted molar refractivity (Wildman–Crippen MR) is 143 cm³/mol. The first-order valence-electron chi connectivity index (χ1n) is 10.1.